The highest BCUT2D eigenvalue weighted by atomic mass is 19.4. The molecule has 0 saturated carbocycles. The number of fused-ring (bicyclic) bond motifs is 1. The van der Waals surface area contributed by atoms with Gasteiger partial charge in [-0.25, -0.2) is 4.98 Å². The molecule has 7 nitrogen and oxygen atoms in total. The van der Waals surface area contributed by atoms with E-state index >= 15 is 0 Å². The molecule has 0 amide bonds. The standard InChI is InChI=1S/C22H24F3N5O2/c23-22(24,25)32-17-6-2-1-4-15(17)12-30-10-8-14(9-11-30)13-31-18-7-3-5-16-19(18)20(26)29-21(27)28-16/h1-7,14H,8-13H2,(H4,26,27,28,29). The monoisotopic (exact) mass is 447 g/mol. The SMILES string of the molecule is Nc1nc(N)c2c(OCC3CCN(Cc4ccccc4OC(F)(F)F)CC3)cccc2n1. The highest BCUT2D eigenvalue weighted by Gasteiger charge is 2.32. The number of likely N-dealkylation sites (tertiary alicyclic amines) is 1. The summed E-state index contributed by atoms with van der Waals surface area (Å²) in [7, 11) is 0. The van der Waals surface area contributed by atoms with Crippen molar-refractivity contribution in [2.24, 2.45) is 5.92 Å². The summed E-state index contributed by atoms with van der Waals surface area (Å²) in [6, 6.07) is 11.7. The Morgan fingerprint density at radius 1 is 0.969 bits per heavy atom. The number of nitrogens with two attached hydrogens (primary N) is 2. The molecule has 2 heterocycles. The van der Waals surface area contributed by atoms with Crippen LogP contribution in [-0.2, 0) is 6.54 Å². The van der Waals surface area contributed by atoms with Crippen LogP contribution in [-0.4, -0.2) is 40.9 Å². The zero-order valence-corrected chi connectivity index (χ0v) is 17.3. The molecule has 0 unspecified atom stereocenters. The Kier molecular flexibility index (Phi) is 6.22. The van der Waals surface area contributed by atoms with Crippen LogP contribution in [0.4, 0.5) is 24.9 Å². The Morgan fingerprint density at radius 3 is 2.44 bits per heavy atom. The van der Waals surface area contributed by atoms with Crippen molar-refractivity contribution in [3.8, 4) is 11.5 Å². The van der Waals surface area contributed by atoms with Crippen LogP contribution in [0, 0.1) is 5.92 Å². The van der Waals surface area contributed by atoms with Crippen LogP contribution in [0.15, 0.2) is 42.5 Å². The maximum absolute atomic E-state index is 12.6. The maximum atomic E-state index is 12.6. The summed E-state index contributed by atoms with van der Waals surface area (Å²) in [6.45, 7) is 2.42. The number of alkyl halides is 3. The Balaban J connectivity index is 1.34. The van der Waals surface area contributed by atoms with Crippen LogP contribution in [0.5, 0.6) is 11.5 Å². The number of hydrogen-bond donors (Lipinski definition) is 2. The predicted molar refractivity (Wildman–Crippen MR) is 115 cm³/mol. The topological polar surface area (TPSA) is 99.5 Å². The first-order chi connectivity index (χ1) is 15.3. The number of ether oxygens (including phenoxy) is 2. The first-order valence-corrected chi connectivity index (χ1v) is 10.3. The zero-order valence-electron chi connectivity index (χ0n) is 17.3. The van der Waals surface area contributed by atoms with Gasteiger partial charge >= 0.3 is 6.36 Å². The average molecular weight is 447 g/mol. The molecule has 1 fully saturated rings. The lowest BCUT2D eigenvalue weighted by Crippen LogP contribution is -2.35. The zero-order chi connectivity index (χ0) is 22.7. The van der Waals surface area contributed by atoms with Crippen molar-refractivity contribution < 1.29 is 22.6 Å². The Hall–Kier alpha value is -3.27. The lowest BCUT2D eigenvalue weighted by Gasteiger charge is -2.32. The molecule has 1 aromatic heterocycles. The number of nitrogen functional groups attached to an aromatic ring is 2. The second kappa shape index (κ2) is 9.07. The van der Waals surface area contributed by atoms with Gasteiger partial charge in [-0.1, -0.05) is 24.3 Å². The van der Waals surface area contributed by atoms with Gasteiger partial charge in [0.1, 0.15) is 17.3 Å². The number of nitrogens with zero attached hydrogens (tertiary/aromatic N) is 3. The van der Waals surface area contributed by atoms with E-state index in [4.69, 9.17) is 16.2 Å². The minimum Gasteiger partial charge on any atom is -0.492 e. The molecular formula is C22H24F3N5O2. The summed E-state index contributed by atoms with van der Waals surface area (Å²) in [5.41, 5.74) is 12.8. The van der Waals surface area contributed by atoms with E-state index in [9.17, 15) is 13.2 Å². The van der Waals surface area contributed by atoms with Crippen LogP contribution in [0.2, 0.25) is 0 Å². The maximum Gasteiger partial charge on any atom is 0.573 e. The molecule has 3 aromatic rings. The molecule has 0 bridgehead atoms. The molecule has 2 aromatic carbocycles. The average Bonchev–Trinajstić information content (AvgIpc) is 2.73. The highest BCUT2D eigenvalue weighted by molar-refractivity contribution is 5.94. The van der Waals surface area contributed by atoms with E-state index in [1.54, 1.807) is 18.2 Å². The number of halogens is 3. The first-order valence-electron chi connectivity index (χ1n) is 10.3. The lowest BCUT2D eigenvalue weighted by molar-refractivity contribution is -0.275. The number of anilines is 2. The molecule has 10 heteroatoms. The van der Waals surface area contributed by atoms with Gasteiger partial charge in [0.05, 0.1) is 17.5 Å². The van der Waals surface area contributed by atoms with Crippen LogP contribution in [0.25, 0.3) is 10.9 Å². The van der Waals surface area contributed by atoms with Gasteiger partial charge in [0, 0.05) is 12.1 Å². The summed E-state index contributed by atoms with van der Waals surface area (Å²) >= 11 is 0. The van der Waals surface area contributed by atoms with Crippen LogP contribution >= 0.6 is 0 Å². The number of piperidine rings is 1. The summed E-state index contributed by atoms with van der Waals surface area (Å²) in [5.74, 6) is 1.17. The smallest absolute Gasteiger partial charge is 0.492 e. The Bertz CT molecular complexity index is 1080. The molecule has 0 atom stereocenters. The van der Waals surface area contributed by atoms with Crippen LogP contribution in [0.3, 0.4) is 0 Å². The molecule has 1 aliphatic heterocycles. The van der Waals surface area contributed by atoms with Gasteiger partial charge in [-0.3, -0.25) is 4.90 Å². The summed E-state index contributed by atoms with van der Waals surface area (Å²) in [5, 5.41) is 0.639. The van der Waals surface area contributed by atoms with Crippen molar-refractivity contribution in [3.05, 3.63) is 48.0 Å². The largest absolute Gasteiger partial charge is 0.573 e. The molecule has 0 radical (unpaired) electrons. The predicted octanol–water partition coefficient (Wildman–Crippen LogP) is 3.98. The number of rotatable bonds is 6. The van der Waals surface area contributed by atoms with E-state index in [-0.39, 0.29) is 17.5 Å². The van der Waals surface area contributed by atoms with Crippen molar-refractivity contribution in [2.75, 3.05) is 31.2 Å². The van der Waals surface area contributed by atoms with E-state index < -0.39 is 6.36 Å². The van der Waals surface area contributed by atoms with Gasteiger partial charge in [0.15, 0.2) is 0 Å². The van der Waals surface area contributed by atoms with Gasteiger partial charge < -0.3 is 20.9 Å². The fourth-order valence-electron chi connectivity index (χ4n) is 3.94. The van der Waals surface area contributed by atoms with E-state index in [2.05, 4.69) is 19.6 Å². The van der Waals surface area contributed by atoms with Crippen LogP contribution in [0.1, 0.15) is 18.4 Å². The number of benzene rings is 2. The summed E-state index contributed by atoms with van der Waals surface area (Å²) in [4.78, 5) is 10.3. The first kappa shape index (κ1) is 21.9. The summed E-state index contributed by atoms with van der Waals surface area (Å²) in [6.07, 6.45) is -2.97. The van der Waals surface area contributed by atoms with E-state index in [0.29, 0.717) is 41.3 Å². The normalized spacial score (nSPS) is 15.7. The van der Waals surface area contributed by atoms with E-state index in [0.717, 1.165) is 25.9 Å². The van der Waals surface area contributed by atoms with Crippen LogP contribution < -0.4 is 20.9 Å². The third-order valence-electron chi connectivity index (χ3n) is 5.50. The van der Waals surface area contributed by atoms with Gasteiger partial charge in [0.2, 0.25) is 5.95 Å². The van der Waals surface area contributed by atoms with E-state index in [1.807, 2.05) is 12.1 Å². The quantitative estimate of drug-likeness (QED) is 0.590. The summed E-state index contributed by atoms with van der Waals surface area (Å²) < 4.78 is 48.1. The number of hydrogen-bond acceptors (Lipinski definition) is 7. The van der Waals surface area contributed by atoms with Crippen molar-refractivity contribution in [3.63, 3.8) is 0 Å². The molecule has 170 valence electrons. The van der Waals surface area contributed by atoms with Gasteiger partial charge in [0.25, 0.3) is 0 Å². The molecule has 32 heavy (non-hydrogen) atoms. The third kappa shape index (κ3) is 5.31. The van der Waals surface area contributed by atoms with Crippen molar-refractivity contribution in [2.45, 2.75) is 25.7 Å². The van der Waals surface area contributed by atoms with Gasteiger partial charge in [-0.05, 0) is 50.0 Å². The Morgan fingerprint density at radius 2 is 1.69 bits per heavy atom. The minimum atomic E-state index is -4.71. The van der Waals surface area contributed by atoms with Crippen molar-refractivity contribution in [1.82, 2.24) is 14.9 Å². The van der Waals surface area contributed by atoms with Gasteiger partial charge in [-0.2, -0.15) is 4.98 Å². The minimum absolute atomic E-state index is 0.113. The lowest BCUT2D eigenvalue weighted by atomic mass is 9.97. The molecule has 1 saturated heterocycles. The van der Waals surface area contributed by atoms with Crippen molar-refractivity contribution in [1.29, 1.82) is 0 Å². The fraction of sp³-hybridized carbons (Fsp3) is 0.364. The molecule has 1 aliphatic rings. The second-order valence-corrected chi connectivity index (χ2v) is 7.80. The van der Waals surface area contributed by atoms with E-state index in [1.165, 1.54) is 12.1 Å². The Labute approximate surface area is 183 Å². The van der Waals surface area contributed by atoms with Gasteiger partial charge in [-0.15, -0.1) is 13.2 Å². The highest BCUT2D eigenvalue weighted by Crippen LogP contribution is 2.31. The van der Waals surface area contributed by atoms with Crippen molar-refractivity contribution >= 4 is 22.7 Å². The molecule has 4 rings (SSSR count). The molecule has 0 spiro atoms. The fourth-order valence-corrected chi connectivity index (χ4v) is 3.94. The molecular weight excluding hydrogens is 423 g/mol. The third-order valence-corrected chi connectivity index (χ3v) is 5.50. The molecule has 0 aliphatic carbocycles. The number of aromatic nitrogens is 2. The second-order valence-electron chi connectivity index (χ2n) is 7.80. The molecule has 4 N–H and O–H groups in total. The number of para-hydroxylation sites is 1.